The molecule has 3 aromatic carbocycles. The van der Waals surface area contributed by atoms with Crippen LogP contribution in [0, 0.1) is 0 Å². The number of rotatable bonds is 16. The lowest BCUT2D eigenvalue weighted by Crippen LogP contribution is -2.64. The van der Waals surface area contributed by atoms with Crippen molar-refractivity contribution in [3.05, 3.63) is 71.8 Å². The van der Waals surface area contributed by atoms with E-state index in [1.165, 1.54) is 12.1 Å². The highest BCUT2D eigenvalue weighted by atomic mass is 16.5. The molecule has 3 fully saturated rings. The zero-order chi connectivity index (χ0) is 57.1. The first-order valence-corrected chi connectivity index (χ1v) is 25.8. The van der Waals surface area contributed by atoms with E-state index in [-0.39, 0.29) is 23.3 Å². The largest absolute Gasteiger partial charge is 0.508 e. The van der Waals surface area contributed by atoms with E-state index < -0.39 is 165 Å². The summed E-state index contributed by atoms with van der Waals surface area (Å²) >= 11 is 0. The van der Waals surface area contributed by atoms with E-state index >= 15 is 0 Å². The molecule has 8 amide bonds. The highest BCUT2D eigenvalue weighted by Crippen LogP contribution is 2.27. The van der Waals surface area contributed by atoms with Gasteiger partial charge in [-0.2, -0.15) is 0 Å². The van der Waals surface area contributed by atoms with Crippen molar-refractivity contribution in [2.24, 2.45) is 5.73 Å². The molecule has 3 aromatic rings. The Hall–Kier alpha value is -7.04. The molecule has 0 bridgehead atoms. The van der Waals surface area contributed by atoms with Crippen LogP contribution in [0.2, 0.25) is 0 Å². The molecule has 0 aliphatic carbocycles. The number of hydrogen-bond donors (Lipinski definition) is 15. The topological polar surface area (TPSA) is 421 Å². The SMILES string of the molecule is CCCCCCCOc1ccc2cc(C(=O)N[C@H]3C[C@H](O)[C@H](O)NC(=O)[C@@H]4[C@@H](O)CCN4C(=O)[C@H]([C@H](O)CC(N)=O)NC(=O)[C@H]([C@H](O)[C@H](O)c4ccc(O)cc4)NC(=O)[C@@H]4C[C@@H](O)CN4C(=O)[C@H]([C@@H](C)O)NC3=O)ccc2c1. The first-order valence-electron chi connectivity index (χ1n) is 25.8. The van der Waals surface area contributed by atoms with Crippen LogP contribution in [0.15, 0.2) is 60.7 Å². The van der Waals surface area contributed by atoms with Crippen molar-refractivity contribution in [1.82, 2.24) is 36.4 Å². The van der Waals surface area contributed by atoms with E-state index in [1.54, 1.807) is 24.3 Å². The molecule has 3 aliphatic heterocycles. The number of unbranched alkanes of at least 4 members (excludes halogenated alkanes) is 4. The minimum atomic E-state index is -2.38. The third-order valence-corrected chi connectivity index (χ3v) is 14.0. The zero-order valence-corrected chi connectivity index (χ0v) is 43.0. The van der Waals surface area contributed by atoms with Crippen LogP contribution >= 0.6 is 0 Å². The van der Waals surface area contributed by atoms with E-state index in [4.69, 9.17) is 10.5 Å². The second kappa shape index (κ2) is 27.0. The molecule has 426 valence electrons. The molecule has 3 heterocycles. The molecule has 14 atom stereocenters. The van der Waals surface area contributed by atoms with Gasteiger partial charge in [0.1, 0.15) is 66.1 Å². The molecule has 0 spiro atoms. The number of hydrogen-bond acceptors (Lipinski definition) is 18. The van der Waals surface area contributed by atoms with Gasteiger partial charge in [0.05, 0.1) is 37.4 Å². The normalized spacial score (nSPS) is 27.5. The standard InChI is InChI=1S/C52H70N8O18/c1-3-4-5-6-7-18-78-32-15-12-27-19-29(9-8-28(27)20-32)45(70)54-33-22-37(66)48(73)58-50(75)42-35(64)16-17-59(42)52(77)40(36(65)23-38(53)67)56-49(74)41(44(69)43(68)26-10-13-30(62)14-11-26)57-47(72)34-21-31(63)24-60(34)51(76)39(25(2)61)55-46(33)71/h8-15,19-20,25,31,33-37,39-44,48,61-66,68-69,73H,3-7,16-18,21-24H2,1-2H3,(H2,53,67)(H,54,70)(H,55,71)(H,56,74)(H,57,72)(H,58,75)/t25-,31-,33+,34+,35+,36-,37+,39+,40+,41+,42+,43-,44+,48+/m1/s1. The number of ether oxygens (including phenoxy) is 1. The van der Waals surface area contributed by atoms with Crippen molar-refractivity contribution in [2.45, 2.75) is 157 Å². The molecule has 0 radical (unpaired) electrons. The Morgan fingerprint density at radius 2 is 1.37 bits per heavy atom. The average molecular weight is 1100 g/mol. The highest BCUT2D eigenvalue weighted by molar-refractivity contribution is 6.02. The first-order chi connectivity index (χ1) is 37.0. The average Bonchev–Trinajstić information content (AvgIpc) is 4.02. The van der Waals surface area contributed by atoms with Crippen LogP contribution in [-0.4, -0.2) is 202 Å². The minimum absolute atomic E-state index is 0.000127. The van der Waals surface area contributed by atoms with Crippen LogP contribution in [0.4, 0.5) is 0 Å². The van der Waals surface area contributed by atoms with Gasteiger partial charge in [-0.15, -0.1) is 0 Å². The molecule has 3 saturated heterocycles. The van der Waals surface area contributed by atoms with Crippen molar-refractivity contribution < 1.29 is 89.1 Å². The maximum atomic E-state index is 14.5. The Balaban J connectivity index is 1.36. The number of nitrogens with two attached hydrogens (primary N) is 1. The van der Waals surface area contributed by atoms with Gasteiger partial charge >= 0.3 is 0 Å². The lowest BCUT2D eigenvalue weighted by Gasteiger charge is -2.34. The number of primary amides is 1. The number of amides is 8. The van der Waals surface area contributed by atoms with Crippen LogP contribution in [0.25, 0.3) is 10.8 Å². The third-order valence-electron chi connectivity index (χ3n) is 14.0. The second-order valence-corrected chi connectivity index (χ2v) is 20.0. The summed E-state index contributed by atoms with van der Waals surface area (Å²) in [7, 11) is 0. The molecule has 3 aliphatic rings. The smallest absolute Gasteiger partial charge is 0.251 e. The number of nitrogens with zero attached hydrogens (tertiary/aromatic N) is 2. The molecule has 16 N–H and O–H groups in total. The highest BCUT2D eigenvalue weighted by Gasteiger charge is 2.49. The molecule has 26 nitrogen and oxygen atoms in total. The molecule has 0 aromatic heterocycles. The van der Waals surface area contributed by atoms with Crippen LogP contribution in [0.1, 0.15) is 93.7 Å². The third kappa shape index (κ3) is 14.9. The number of phenols is 1. The van der Waals surface area contributed by atoms with Gasteiger partial charge in [0, 0.05) is 31.5 Å². The number of aliphatic hydroxyl groups excluding tert-OH is 8. The fourth-order valence-corrected chi connectivity index (χ4v) is 9.66. The quantitative estimate of drug-likeness (QED) is 0.0614. The summed E-state index contributed by atoms with van der Waals surface area (Å²) in [6.07, 6.45) is -13.7. The lowest BCUT2D eigenvalue weighted by molar-refractivity contribution is -0.149. The molecule has 0 unspecified atom stereocenters. The van der Waals surface area contributed by atoms with E-state index in [0.717, 1.165) is 68.2 Å². The Morgan fingerprint density at radius 3 is 2.05 bits per heavy atom. The van der Waals surface area contributed by atoms with Gasteiger partial charge in [0.2, 0.25) is 41.4 Å². The predicted molar refractivity (Wildman–Crippen MR) is 273 cm³/mol. The minimum Gasteiger partial charge on any atom is -0.508 e. The summed E-state index contributed by atoms with van der Waals surface area (Å²) in [5, 5.41) is 112. The number of carbonyl (C=O) groups excluding carboxylic acids is 8. The van der Waals surface area contributed by atoms with Crippen molar-refractivity contribution in [3.8, 4) is 11.5 Å². The predicted octanol–water partition coefficient (Wildman–Crippen LogP) is -3.72. The lowest BCUT2D eigenvalue weighted by atomic mass is 9.96. The van der Waals surface area contributed by atoms with Crippen molar-refractivity contribution in [1.29, 1.82) is 0 Å². The maximum absolute atomic E-state index is 14.5. The molecular weight excluding hydrogens is 1020 g/mol. The number of carbonyl (C=O) groups is 8. The Labute approximate surface area is 447 Å². The number of nitrogens with one attached hydrogen (secondary N) is 5. The van der Waals surface area contributed by atoms with E-state index in [9.17, 15) is 84.3 Å². The number of phenolic OH excluding ortho intramolecular Hbond substituents is 1. The summed E-state index contributed by atoms with van der Waals surface area (Å²) < 4.78 is 5.92. The first kappa shape index (κ1) is 60.2. The summed E-state index contributed by atoms with van der Waals surface area (Å²) in [5.74, 6) is -9.76. The monoisotopic (exact) mass is 1090 g/mol. The Morgan fingerprint density at radius 1 is 0.731 bits per heavy atom. The molecule has 26 heteroatoms. The number of aliphatic hydroxyl groups is 8. The molecule has 0 saturated carbocycles. The van der Waals surface area contributed by atoms with E-state index in [2.05, 4.69) is 28.2 Å². The van der Waals surface area contributed by atoms with Gasteiger partial charge in [-0.1, -0.05) is 56.9 Å². The van der Waals surface area contributed by atoms with Gasteiger partial charge in [-0.05, 0) is 72.5 Å². The van der Waals surface area contributed by atoms with Crippen LogP contribution in [0.3, 0.4) is 0 Å². The number of fused-ring (bicyclic) bond motifs is 3. The second-order valence-electron chi connectivity index (χ2n) is 20.0. The van der Waals surface area contributed by atoms with Crippen molar-refractivity contribution >= 4 is 58.0 Å². The Kier molecular flexibility index (Phi) is 20.9. The van der Waals surface area contributed by atoms with Crippen LogP contribution < -0.4 is 37.1 Å². The molecular formula is C52H70N8O18. The fraction of sp³-hybridized carbons (Fsp3) is 0.538. The molecule has 6 rings (SSSR count). The van der Waals surface area contributed by atoms with Crippen LogP contribution in [-0.2, 0) is 33.6 Å². The number of benzene rings is 3. The zero-order valence-electron chi connectivity index (χ0n) is 43.0. The summed E-state index contributed by atoms with van der Waals surface area (Å²) in [4.78, 5) is 114. The maximum Gasteiger partial charge on any atom is 0.251 e. The fourth-order valence-electron chi connectivity index (χ4n) is 9.66. The molecule has 78 heavy (non-hydrogen) atoms. The number of aromatic hydroxyl groups is 1. The van der Waals surface area contributed by atoms with Gasteiger partial charge in [0.25, 0.3) is 5.91 Å². The van der Waals surface area contributed by atoms with Gasteiger partial charge < -0.3 is 92.8 Å². The van der Waals surface area contributed by atoms with E-state index in [1.807, 2.05) is 5.32 Å². The van der Waals surface area contributed by atoms with E-state index in [0.29, 0.717) is 28.0 Å². The van der Waals surface area contributed by atoms with Crippen molar-refractivity contribution in [3.63, 3.8) is 0 Å². The summed E-state index contributed by atoms with van der Waals surface area (Å²) in [6, 6.07) is 2.08. The summed E-state index contributed by atoms with van der Waals surface area (Å²) in [5.41, 5.74) is 5.21. The van der Waals surface area contributed by atoms with Gasteiger partial charge in [-0.25, -0.2) is 0 Å². The Bertz CT molecular complexity index is 2640. The van der Waals surface area contributed by atoms with Crippen LogP contribution in [0.5, 0.6) is 11.5 Å². The van der Waals surface area contributed by atoms with Gasteiger partial charge in [-0.3, -0.25) is 38.4 Å². The van der Waals surface area contributed by atoms with Gasteiger partial charge in [0.15, 0.2) is 6.23 Å². The van der Waals surface area contributed by atoms with Crippen molar-refractivity contribution in [2.75, 3.05) is 19.7 Å². The summed E-state index contributed by atoms with van der Waals surface area (Å²) in [6.45, 7) is 2.63.